The number of carbonyl (C=O) groups is 2. The van der Waals surface area contributed by atoms with E-state index in [0.717, 1.165) is 10.8 Å². The maximum absolute atomic E-state index is 11.8. The second kappa shape index (κ2) is 7.44. The molecule has 2 atom stereocenters. The number of fused-ring (bicyclic) bond motifs is 1. The molecule has 2 rings (SSSR count). The summed E-state index contributed by atoms with van der Waals surface area (Å²) < 4.78 is 0. The van der Waals surface area contributed by atoms with Gasteiger partial charge in [-0.3, -0.25) is 9.59 Å². The number of carboxylic acids is 1. The molecule has 0 radical (unpaired) electrons. The topological polar surface area (TPSA) is 111 Å². The van der Waals surface area contributed by atoms with Gasteiger partial charge in [-0.2, -0.15) is 5.26 Å². The van der Waals surface area contributed by atoms with Gasteiger partial charge in [-0.1, -0.05) is 12.1 Å². The van der Waals surface area contributed by atoms with E-state index < -0.39 is 24.0 Å². The van der Waals surface area contributed by atoms with Crippen molar-refractivity contribution in [3.05, 3.63) is 42.0 Å². The molecule has 7 nitrogen and oxygen atoms in total. The number of nitrogens with one attached hydrogen (secondary N) is 2. The van der Waals surface area contributed by atoms with Gasteiger partial charge in [0.15, 0.2) is 0 Å². The van der Waals surface area contributed by atoms with Gasteiger partial charge in [0.25, 0.3) is 0 Å². The molecule has 2 aromatic carbocycles. The van der Waals surface area contributed by atoms with Crippen LogP contribution in [0.2, 0.25) is 0 Å². The lowest BCUT2D eigenvalue weighted by Gasteiger charge is -2.16. The molecular weight excluding hydrogens is 310 g/mol. The van der Waals surface area contributed by atoms with E-state index in [1.165, 1.54) is 6.92 Å². The predicted octanol–water partition coefficient (Wildman–Crippen LogP) is 1.57. The summed E-state index contributed by atoms with van der Waals surface area (Å²) in [7, 11) is 0. The van der Waals surface area contributed by atoms with E-state index >= 15 is 0 Å². The van der Waals surface area contributed by atoms with Crippen molar-refractivity contribution in [2.24, 2.45) is 0 Å². The number of nitriles is 1. The molecule has 0 aliphatic heterocycles. The van der Waals surface area contributed by atoms with E-state index in [1.807, 2.05) is 12.1 Å². The number of amides is 1. The molecule has 0 unspecified atom stereocenters. The molecule has 0 saturated heterocycles. The number of rotatable bonds is 6. The van der Waals surface area contributed by atoms with E-state index in [4.69, 9.17) is 15.2 Å². The summed E-state index contributed by atoms with van der Waals surface area (Å²) in [6.07, 6.45) is 0. The number of hydroxylamine groups is 1. The molecule has 2 aromatic rings. The van der Waals surface area contributed by atoms with Crippen LogP contribution in [0.25, 0.3) is 10.8 Å². The molecule has 0 spiro atoms. The van der Waals surface area contributed by atoms with E-state index in [0.29, 0.717) is 11.3 Å². The summed E-state index contributed by atoms with van der Waals surface area (Å²) in [4.78, 5) is 27.9. The van der Waals surface area contributed by atoms with Crippen LogP contribution in [-0.2, 0) is 9.59 Å². The van der Waals surface area contributed by atoms with Crippen LogP contribution in [0.3, 0.4) is 0 Å². The maximum atomic E-state index is 11.8. The third-order valence-corrected chi connectivity index (χ3v) is 3.42. The third kappa shape index (κ3) is 4.21. The Kier molecular flexibility index (Phi) is 5.35. The van der Waals surface area contributed by atoms with Gasteiger partial charge >= 0.3 is 5.97 Å². The summed E-state index contributed by atoms with van der Waals surface area (Å²) in [6.45, 7) is 2.94. The number of aliphatic carboxylic acids is 1. The first-order valence-electron chi connectivity index (χ1n) is 7.30. The smallest absolute Gasteiger partial charge is 0.325 e. The molecule has 0 aliphatic rings. The molecule has 0 fully saturated rings. The summed E-state index contributed by atoms with van der Waals surface area (Å²) >= 11 is 0. The first kappa shape index (κ1) is 17.2. The van der Waals surface area contributed by atoms with Crippen molar-refractivity contribution in [1.29, 1.82) is 5.26 Å². The Morgan fingerprint density at radius 1 is 1.12 bits per heavy atom. The fourth-order valence-corrected chi connectivity index (χ4v) is 1.97. The highest BCUT2D eigenvalue weighted by molar-refractivity contribution is 5.86. The lowest BCUT2D eigenvalue weighted by atomic mass is 10.1. The number of carboxylic acid groups (broad SMARTS) is 1. The Morgan fingerprint density at radius 3 is 2.46 bits per heavy atom. The molecule has 0 aromatic heterocycles. The minimum Gasteiger partial charge on any atom is -0.480 e. The van der Waals surface area contributed by atoms with Crippen LogP contribution in [0.15, 0.2) is 36.4 Å². The Hall–Kier alpha value is -3.11. The zero-order valence-corrected chi connectivity index (χ0v) is 13.2. The highest BCUT2D eigenvalue weighted by Gasteiger charge is 2.19. The Balaban J connectivity index is 1.99. The third-order valence-electron chi connectivity index (χ3n) is 3.42. The minimum atomic E-state index is -1.11. The van der Waals surface area contributed by atoms with Crippen molar-refractivity contribution in [2.45, 2.75) is 25.9 Å². The van der Waals surface area contributed by atoms with Crippen molar-refractivity contribution in [2.75, 3.05) is 0 Å². The van der Waals surface area contributed by atoms with Crippen LogP contribution in [0.5, 0.6) is 5.75 Å². The summed E-state index contributed by atoms with van der Waals surface area (Å²) in [5, 5.41) is 21.8. The van der Waals surface area contributed by atoms with Crippen molar-refractivity contribution < 1.29 is 19.5 Å². The standard InChI is InChI=1S/C17H17N3O4/c1-10(16(21)19-11(2)17(22)23)20-24-15-6-5-13-7-12(9-18)3-4-14(13)8-15/h3-8,10-11,20H,1-2H3,(H,19,21)(H,22,23)/t10-,11-/m0/s1. The number of nitrogens with zero attached hydrogens (tertiary/aromatic N) is 1. The van der Waals surface area contributed by atoms with E-state index in [-0.39, 0.29) is 0 Å². The maximum Gasteiger partial charge on any atom is 0.325 e. The second-order valence-corrected chi connectivity index (χ2v) is 5.35. The van der Waals surface area contributed by atoms with Crippen molar-refractivity contribution in [3.63, 3.8) is 0 Å². The molecule has 3 N–H and O–H groups in total. The second-order valence-electron chi connectivity index (χ2n) is 5.35. The van der Waals surface area contributed by atoms with Crippen LogP contribution in [0.1, 0.15) is 19.4 Å². The fourth-order valence-electron chi connectivity index (χ4n) is 1.97. The molecular formula is C17H17N3O4. The monoisotopic (exact) mass is 327 g/mol. The normalized spacial score (nSPS) is 12.9. The lowest BCUT2D eigenvalue weighted by molar-refractivity contribution is -0.141. The summed E-state index contributed by atoms with van der Waals surface area (Å²) in [5.74, 6) is -1.09. The predicted molar refractivity (Wildman–Crippen MR) is 87.1 cm³/mol. The van der Waals surface area contributed by atoms with Crippen LogP contribution in [0.4, 0.5) is 0 Å². The summed E-state index contributed by atoms with van der Waals surface area (Å²) in [6, 6.07) is 11.0. The number of benzene rings is 2. The summed E-state index contributed by atoms with van der Waals surface area (Å²) in [5.41, 5.74) is 3.15. The first-order chi connectivity index (χ1) is 11.4. The Morgan fingerprint density at radius 2 is 1.79 bits per heavy atom. The number of hydrogen-bond acceptors (Lipinski definition) is 5. The molecule has 124 valence electrons. The largest absolute Gasteiger partial charge is 0.480 e. The van der Waals surface area contributed by atoms with Crippen LogP contribution >= 0.6 is 0 Å². The van der Waals surface area contributed by atoms with Crippen LogP contribution in [-0.4, -0.2) is 29.1 Å². The van der Waals surface area contributed by atoms with Crippen molar-refractivity contribution in [3.8, 4) is 11.8 Å². The average molecular weight is 327 g/mol. The molecule has 24 heavy (non-hydrogen) atoms. The number of hydrogen-bond donors (Lipinski definition) is 3. The Labute approximate surface area is 138 Å². The molecule has 1 amide bonds. The van der Waals surface area contributed by atoms with E-state index in [2.05, 4.69) is 16.9 Å². The highest BCUT2D eigenvalue weighted by Crippen LogP contribution is 2.21. The van der Waals surface area contributed by atoms with Crippen LogP contribution in [0, 0.1) is 11.3 Å². The Bertz CT molecular complexity index is 813. The number of carbonyl (C=O) groups excluding carboxylic acids is 1. The average Bonchev–Trinajstić information content (AvgIpc) is 2.58. The fraction of sp³-hybridized carbons (Fsp3) is 0.235. The zero-order valence-electron chi connectivity index (χ0n) is 13.2. The first-order valence-corrected chi connectivity index (χ1v) is 7.30. The van der Waals surface area contributed by atoms with Gasteiger partial charge < -0.3 is 15.3 Å². The van der Waals surface area contributed by atoms with Crippen molar-refractivity contribution in [1.82, 2.24) is 10.8 Å². The molecule has 0 aliphatic carbocycles. The lowest BCUT2D eigenvalue weighted by Crippen LogP contribution is -2.48. The van der Waals surface area contributed by atoms with Gasteiger partial charge in [-0.25, -0.2) is 0 Å². The SMILES string of the molecule is C[C@H](NC(=O)[C@H](C)NOc1ccc2cc(C#N)ccc2c1)C(=O)O. The van der Waals surface area contributed by atoms with Crippen molar-refractivity contribution >= 4 is 22.6 Å². The quantitative estimate of drug-likeness (QED) is 0.695. The molecule has 7 heteroatoms. The van der Waals surface area contributed by atoms with E-state index in [1.54, 1.807) is 31.2 Å². The highest BCUT2D eigenvalue weighted by atomic mass is 16.6. The van der Waals surface area contributed by atoms with E-state index in [9.17, 15) is 9.59 Å². The van der Waals surface area contributed by atoms with Crippen LogP contribution < -0.4 is 15.6 Å². The van der Waals surface area contributed by atoms with Gasteiger partial charge in [0.2, 0.25) is 5.91 Å². The molecule has 0 saturated carbocycles. The molecule has 0 heterocycles. The van der Waals surface area contributed by atoms with Gasteiger partial charge in [-0.05, 0) is 48.9 Å². The van der Waals surface area contributed by atoms with Gasteiger partial charge in [0.1, 0.15) is 17.8 Å². The van der Waals surface area contributed by atoms with Gasteiger partial charge in [-0.15, -0.1) is 5.48 Å². The zero-order chi connectivity index (χ0) is 17.7. The minimum absolute atomic E-state index is 0.482. The van der Waals surface area contributed by atoms with Gasteiger partial charge in [0, 0.05) is 0 Å². The van der Waals surface area contributed by atoms with Gasteiger partial charge in [0.05, 0.1) is 11.6 Å². The molecule has 0 bridgehead atoms.